The van der Waals surface area contributed by atoms with Crippen LogP contribution in [0.4, 0.5) is 0 Å². The van der Waals surface area contributed by atoms with E-state index in [4.69, 9.17) is 0 Å². The van der Waals surface area contributed by atoms with Gasteiger partial charge in [-0.3, -0.25) is 4.79 Å². The van der Waals surface area contributed by atoms with Gasteiger partial charge >= 0.3 is 0 Å². The molecule has 0 aliphatic heterocycles. The van der Waals surface area contributed by atoms with E-state index in [1.54, 1.807) is 6.92 Å². The standard InChI is InChI=1S/C14H29NO2/c1-10(16)9-15-11(17)14(8,12(2,3)4)13(5,6)7/h10,16H,9H2,1-8H3,(H,15,17). The van der Waals surface area contributed by atoms with Gasteiger partial charge in [0, 0.05) is 6.54 Å². The quantitative estimate of drug-likeness (QED) is 0.800. The summed E-state index contributed by atoms with van der Waals surface area (Å²) < 4.78 is 0. The molecule has 0 aromatic rings. The Bertz CT molecular complexity index is 255. The van der Waals surface area contributed by atoms with Gasteiger partial charge in [0.25, 0.3) is 0 Å². The first-order chi connectivity index (χ1) is 7.34. The molecule has 0 spiro atoms. The number of rotatable bonds is 3. The highest BCUT2D eigenvalue weighted by Gasteiger charge is 2.52. The van der Waals surface area contributed by atoms with Gasteiger partial charge in [0.15, 0.2) is 0 Å². The fourth-order valence-corrected chi connectivity index (χ4v) is 2.22. The van der Waals surface area contributed by atoms with Crippen LogP contribution in [0.2, 0.25) is 0 Å². The summed E-state index contributed by atoms with van der Waals surface area (Å²) in [7, 11) is 0. The van der Waals surface area contributed by atoms with Crippen molar-refractivity contribution in [2.45, 2.75) is 61.5 Å². The second kappa shape index (κ2) is 4.97. The van der Waals surface area contributed by atoms with Gasteiger partial charge in [-0.15, -0.1) is 0 Å². The molecular weight excluding hydrogens is 214 g/mol. The predicted octanol–water partition coefficient (Wildman–Crippen LogP) is 2.58. The third-order valence-electron chi connectivity index (χ3n) is 4.01. The average molecular weight is 243 g/mol. The lowest BCUT2D eigenvalue weighted by Gasteiger charge is -2.49. The molecule has 0 rings (SSSR count). The molecular formula is C14H29NO2. The van der Waals surface area contributed by atoms with E-state index in [9.17, 15) is 9.90 Å². The number of carbonyl (C=O) groups is 1. The summed E-state index contributed by atoms with van der Waals surface area (Å²) in [6, 6.07) is 0. The molecule has 0 radical (unpaired) electrons. The van der Waals surface area contributed by atoms with Gasteiger partial charge in [0.05, 0.1) is 11.5 Å². The van der Waals surface area contributed by atoms with Gasteiger partial charge in [-0.1, -0.05) is 41.5 Å². The highest BCUT2D eigenvalue weighted by molar-refractivity contribution is 5.84. The first kappa shape index (κ1) is 16.4. The molecule has 102 valence electrons. The van der Waals surface area contributed by atoms with Gasteiger partial charge in [0.1, 0.15) is 0 Å². The zero-order valence-corrected chi connectivity index (χ0v) is 12.6. The van der Waals surface area contributed by atoms with Crippen molar-refractivity contribution in [3.63, 3.8) is 0 Å². The van der Waals surface area contributed by atoms with E-state index in [0.29, 0.717) is 6.54 Å². The molecule has 0 aliphatic rings. The summed E-state index contributed by atoms with van der Waals surface area (Å²) in [5.74, 6) is 0.0124. The Morgan fingerprint density at radius 3 is 1.65 bits per heavy atom. The van der Waals surface area contributed by atoms with E-state index in [1.165, 1.54) is 0 Å². The van der Waals surface area contributed by atoms with Crippen LogP contribution in [0.25, 0.3) is 0 Å². The molecule has 0 aromatic heterocycles. The van der Waals surface area contributed by atoms with Crippen LogP contribution >= 0.6 is 0 Å². The van der Waals surface area contributed by atoms with Crippen LogP contribution in [-0.2, 0) is 4.79 Å². The fourth-order valence-electron chi connectivity index (χ4n) is 2.22. The zero-order chi connectivity index (χ0) is 14.1. The van der Waals surface area contributed by atoms with Crippen molar-refractivity contribution in [1.82, 2.24) is 5.32 Å². The van der Waals surface area contributed by atoms with Crippen LogP contribution in [-0.4, -0.2) is 23.7 Å². The number of hydrogen-bond donors (Lipinski definition) is 2. The highest BCUT2D eigenvalue weighted by atomic mass is 16.3. The number of hydrogen-bond acceptors (Lipinski definition) is 2. The molecule has 1 unspecified atom stereocenters. The number of carbonyl (C=O) groups excluding carboxylic acids is 1. The maximum Gasteiger partial charge on any atom is 0.227 e. The summed E-state index contributed by atoms with van der Waals surface area (Å²) in [6.45, 7) is 16.5. The van der Waals surface area contributed by atoms with Crippen molar-refractivity contribution in [2.24, 2.45) is 16.2 Å². The lowest BCUT2D eigenvalue weighted by atomic mass is 9.54. The number of aliphatic hydroxyl groups excluding tert-OH is 1. The van der Waals surface area contributed by atoms with Gasteiger partial charge in [-0.25, -0.2) is 0 Å². The molecule has 3 heteroatoms. The summed E-state index contributed by atoms with van der Waals surface area (Å²) >= 11 is 0. The second-order valence-corrected chi connectivity index (χ2v) is 7.18. The van der Waals surface area contributed by atoms with Crippen LogP contribution in [0.15, 0.2) is 0 Å². The topological polar surface area (TPSA) is 49.3 Å². The lowest BCUT2D eigenvalue weighted by Crippen LogP contribution is -2.55. The Labute approximate surface area is 106 Å². The van der Waals surface area contributed by atoms with E-state index < -0.39 is 11.5 Å². The first-order valence-electron chi connectivity index (χ1n) is 6.30. The number of aliphatic hydroxyl groups is 1. The van der Waals surface area contributed by atoms with Crippen LogP contribution in [0, 0.1) is 16.2 Å². The largest absolute Gasteiger partial charge is 0.392 e. The Hall–Kier alpha value is -0.570. The van der Waals surface area contributed by atoms with Gasteiger partial charge in [-0.05, 0) is 24.7 Å². The molecule has 3 nitrogen and oxygen atoms in total. The first-order valence-corrected chi connectivity index (χ1v) is 6.30. The molecule has 1 amide bonds. The Kier molecular flexibility index (Phi) is 4.80. The molecule has 0 aromatic carbocycles. The maximum atomic E-state index is 12.4. The Morgan fingerprint density at radius 2 is 1.41 bits per heavy atom. The van der Waals surface area contributed by atoms with Crippen LogP contribution in [0.3, 0.4) is 0 Å². The Morgan fingerprint density at radius 1 is 1.06 bits per heavy atom. The molecule has 1 atom stereocenters. The highest BCUT2D eigenvalue weighted by Crippen LogP contribution is 2.51. The molecule has 0 saturated carbocycles. The summed E-state index contributed by atoms with van der Waals surface area (Å²) in [5, 5.41) is 12.1. The minimum atomic E-state index is -0.511. The van der Waals surface area contributed by atoms with E-state index >= 15 is 0 Å². The predicted molar refractivity (Wildman–Crippen MR) is 71.7 cm³/mol. The molecule has 0 heterocycles. The van der Waals surface area contributed by atoms with Crippen molar-refractivity contribution in [2.75, 3.05) is 6.54 Å². The van der Waals surface area contributed by atoms with Crippen LogP contribution in [0.5, 0.6) is 0 Å². The molecule has 0 bridgehead atoms. The molecule has 0 fully saturated rings. The maximum absolute atomic E-state index is 12.4. The molecule has 17 heavy (non-hydrogen) atoms. The Balaban J connectivity index is 5.16. The molecule has 0 saturated heterocycles. The van der Waals surface area contributed by atoms with Gasteiger partial charge < -0.3 is 10.4 Å². The minimum absolute atomic E-state index is 0.0124. The van der Waals surface area contributed by atoms with E-state index in [0.717, 1.165) is 0 Å². The molecule has 0 aliphatic carbocycles. The summed E-state index contributed by atoms with van der Waals surface area (Å²) in [4.78, 5) is 12.4. The average Bonchev–Trinajstić information content (AvgIpc) is 2.08. The summed E-state index contributed by atoms with van der Waals surface area (Å²) in [5.41, 5.74) is -0.781. The van der Waals surface area contributed by atoms with Crippen molar-refractivity contribution in [3.05, 3.63) is 0 Å². The van der Waals surface area contributed by atoms with Gasteiger partial charge in [0.2, 0.25) is 5.91 Å². The monoisotopic (exact) mass is 243 g/mol. The fraction of sp³-hybridized carbons (Fsp3) is 0.929. The third-order valence-corrected chi connectivity index (χ3v) is 4.01. The van der Waals surface area contributed by atoms with Crippen LogP contribution in [0.1, 0.15) is 55.4 Å². The van der Waals surface area contributed by atoms with Crippen molar-refractivity contribution in [1.29, 1.82) is 0 Å². The smallest absolute Gasteiger partial charge is 0.227 e. The minimum Gasteiger partial charge on any atom is -0.392 e. The van der Waals surface area contributed by atoms with Crippen molar-refractivity contribution in [3.8, 4) is 0 Å². The van der Waals surface area contributed by atoms with Crippen molar-refractivity contribution >= 4 is 5.91 Å². The second-order valence-electron chi connectivity index (χ2n) is 7.18. The number of nitrogens with one attached hydrogen (secondary N) is 1. The van der Waals surface area contributed by atoms with E-state index in [1.807, 2.05) is 6.92 Å². The van der Waals surface area contributed by atoms with Gasteiger partial charge in [-0.2, -0.15) is 0 Å². The zero-order valence-electron chi connectivity index (χ0n) is 12.6. The third kappa shape index (κ3) is 3.44. The normalized spacial score (nSPS) is 15.6. The SMILES string of the molecule is CC(O)CNC(=O)C(C)(C(C)(C)C)C(C)(C)C. The van der Waals surface area contributed by atoms with E-state index in [-0.39, 0.29) is 16.7 Å². The summed E-state index contributed by atoms with van der Waals surface area (Å²) in [6.07, 6.45) is -0.511. The van der Waals surface area contributed by atoms with Crippen LogP contribution < -0.4 is 5.32 Å². The number of amides is 1. The van der Waals surface area contributed by atoms with Crippen molar-refractivity contribution < 1.29 is 9.90 Å². The van der Waals surface area contributed by atoms with E-state index in [2.05, 4.69) is 46.9 Å². The lowest BCUT2D eigenvalue weighted by molar-refractivity contribution is -0.146. The molecule has 2 N–H and O–H groups in total.